The van der Waals surface area contributed by atoms with Gasteiger partial charge in [-0.25, -0.2) is 12.8 Å². The molecule has 0 aliphatic heterocycles. The Bertz CT molecular complexity index is 1100. The third-order valence-electron chi connectivity index (χ3n) is 4.94. The third-order valence-corrected chi connectivity index (χ3v) is 6.80. The highest BCUT2D eigenvalue weighted by atomic mass is 127. The predicted molar refractivity (Wildman–Crippen MR) is 140 cm³/mol. The molecule has 0 heterocycles. The summed E-state index contributed by atoms with van der Waals surface area (Å²) < 4.78 is 40.5. The molecule has 2 amide bonds. The van der Waals surface area contributed by atoms with E-state index >= 15 is 0 Å². The third kappa shape index (κ3) is 8.23. The molecule has 0 aromatic heterocycles. The van der Waals surface area contributed by atoms with Gasteiger partial charge in [-0.15, -0.1) is 0 Å². The Morgan fingerprint density at radius 1 is 1.06 bits per heavy atom. The Hall–Kier alpha value is -2.21. The Balaban J connectivity index is 2.43. The first-order valence-electron chi connectivity index (χ1n) is 10.8. The van der Waals surface area contributed by atoms with Crippen LogP contribution in [0.2, 0.25) is 0 Å². The average molecular weight is 603 g/mol. The molecule has 34 heavy (non-hydrogen) atoms. The lowest BCUT2D eigenvalue weighted by molar-refractivity contribution is -0.141. The van der Waals surface area contributed by atoms with Crippen molar-refractivity contribution in [2.45, 2.75) is 52.2 Å². The number of carbonyl (C=O) groups excluding carboxylic acids is 2. The van der Waals surface area contributed by atoms with E-state index in [0.29, 0.717) is 17.7 Å². The van der Waals surface area contributed by atoms with Crippen LogP contribution in [0.5, 0.6) is 0 Å². The van der Waals surface area contributed by atoms with E-state index in [2.05, 4.69) is 27.9 Å². The molecule has 0 aliphatic rings. The molecule has 2 aromatic carbocycles. The van der Waals surface area contributed by atoms with Gasteiger partial charge in [0.1, 0.15) is 18.4 Å². The average Bonchev–Trinajstić information content (AvgIpc) is 2.72. The van der Waals surface area contributed by atoms with E-state index in [-0.39, 0.29) is 12.5 Å². The summed E-state index contributed by atoms with van der Waals surface area (Å²) in [5.74, 6) is -1.30. The zero-order valence-electron chi connectivity index (χ0n) is 20.0. The fraction of sp³-hybridized carbons (Fsp3) is 0.417. The summed E-state index contributed by atoms with van der Waals surface area (Å²) in [6, 6.07) is 11.6. The molecule has 7 nitrogen and oxygen atoms in total. The van der Waals surface area contributed by atoms with Gasteiger partial charge in [0.05, 0.1) is 11.9 Å². The number of anilines is 1. The van der Waals surface area contributed by atoms with Crippen LogP contribution < -0.4 is 9.62 Å². The molecule has 186 valence electrons. The van der Waals surface area contributed by atoms with Crippen LogP contribution in [0.25, 0.3) is 0 Å². The summed E-state index contributed by atoms with van der Waals surface area (Å²) in [7, 11) is -3.79. The number of amides is 2. The van der Waals surface area contributed by atoms with Gasteiger partial charge in [0.2, 0.25) is 21.8 Å². The summed E-state index contributed by atoms with van der Waals surface area (Å²) in [6.45, 7) is 6.86. The van der Waals surface area contributed by atoms with E-state index in [9.17, 15) is 22.4 Å². The largest absolute Gasteiger partial charge is 0.350 e. The topological polar surface area (TPSA) is 86.8 Å². The minimum atomic E-state index is -3.79. The first-order chi connectivity index (χ1) is 15.7. The van der Waals surface area contributed by atoms with Crippen LogP contribution in [0, 0.1) is 9.39 Å². The Morgan fingerprint density at radius 2 is 1.62 bits per heavy atom. The number of hydrogen-bond donors (Lipinski definition) is 1. The quantitative estimate of drug-likeness (QED) is 0.441. The SMILES string of the molecule is CC[C@H](C(=O)NC(C)(C)C)N(Cc1ccc(F)cc1)C(=O)CN(c1ccc(I)cc1)S(C)(=O)=O. The lowest BCUT2D eigenvalue weighted by Gasteiger charge is -2.34. The van der Waals surface area contributed by atoms with Crippen LogP contribution in [0.4, 0.5) is 10.1 Å². The van der Waals surface area contributed by atoms with Crippen molar-refractivity contribution in [3.63, 3.8) is 0 Å². The van der Waals surface area contributed by atoms with Crippen molar-refractivity contribution >= 4 is 50.1 Å². The number of nitrogens with one attached hydrogen (secondary N) is 1. The molecule has 0 saturated heterocycles. The number of halogens is 2. The monoisotopic (exact) mass is 603 g/mol. The van der Waals surface area contributed by atoms with Crippen molar-refractivity contribution in [1.82, 2.24) is 10.2 Å². The van der Waals surface area contributed by atoms with Crippen molar-refractivity contribution < 1.29 is 22.4 Å². The maximum absolute atomic E-state index is 13.5. The molecule has 1 N–H and O–H groups in total. The Morgan fingerprint density at radius 3 is 2.09 bits per heavy atom. The molecule has 2 aromatic rings. The van der Waals surface area contributed by atoms with Crippen molar-refractivity contribution in [3.8, 4) is 0 Å². The lowest BCUT2D eigenvalue weighted by Crippen LogP contribution is -2.55. The minimum absolute atomic E-state index is 0.0273. The van der Waals surface area contributed by atoms with Gasteiger partial charge in [0.15, 0.2) is 0 Å². The second-order valence-corrected chi connectivity index (χ2v) is 12.2. The number of nitrogens with zero attached hydrogens (tertiary/aromatic N) is 2. The van der Waals surface area contributed by atoms with Crippen molar-refractivity contribution in [3.05, 3.63) is 63.5 Å². The smallest absolute Gasteiger partial charge is 0.244 e. The molecule has 2 rings (SSSR count). The van der Waals surface area contributed by atoms with Crippen LogP contribution in [0.1, 0.15) is 39.7 Å². The van der Waals surface area contributed by atoms with Gasteiger partial charge in [-0.05, 0) is 91.7 Å². The summed E-state index contributed by atoms with van der Waals surface area (Å²) in [6.07, 6.45) is 1.35. The summed E-state index contributed by atoms with van der Waals surface area (Å²) in [5.41, 5.74) is 0.455. The van der Waals surface area contributed by atoms with Crippen LogP contribution in [-0.4, -0.2) is 49.5 Å². The molecule has 0 saturated carbocycles. The van der Waals surface area contributed by atoms with E-state index in [1.54, 1.807) is 31.2 Å². The van der Waals surface area contributed by atoms with Crippen LogP contribution in [0.3, 0.4) is 0 Å². The summed E-state index contributed by atoms with van der Waals surface area (Å²) >= 11 is 2.11. The summed E-state index contributed by atoms with van der Waals surface area (Å²) in [5, 5.41) is 2.90. The van der Waals surface area contributed by atoms with Gasteiger partial charge in [0, 0.05) is 15.7 Å². The molecule has 0 radical (unpaired) electrons. The van der Waals surface area contributed by atoms with Crippen molar-refractivity contribution in [1.29, 1.82) is 0 Å². The second-order valence-electron chi connectivity index (χ2n) is 9.06. The predicted octanol–water partition coefficient (Wildman–Crippen LogP) is 3.92. The van der Waals surface area contributed by atoms with E-state index in [0.717, 1.165) is 14.1 Å². The maximum atomic E-state index is 13.5. The first kappa shape index (κ1) is 28.0. The van der Waals surface area contributed by atoms with Crippen LogP contribution in [0.15, 0.2) is 48.5 Å². The highest BCUT2D eigenvalue weighted by molar-refractivity contribution is 14.1. The highest BCUT2D eigenvalue weighted by Crippen LogP contribution is 2.21. The number of hydrogen-bond acceptors (Lipinski definition) is 4. The Labute approximate surface area is 214 Å². The molecule has 0 aliphatic carbocycles. The van der Waals surface area contributed by atoms with E-state index < -0.39 is 39.9 Å². The fourth-order valence-electron chi connectivity index (χ4n) is 3.38. The molecule has 10 heteroatoms. The zero-order valence-corrected chi connectivity index (χ0v) is 23.0. The Kier molecular flexibility index (Phi) is 9.46. The number of carbonyl (C=O) groups is 2. The van der Waals surface area contributed by atoms with Gasteiger partial charge >= 0.3 is 0 Å². The number of rotatable bonds is 9. The lowest BCUT2D eigenvalue weighted by atomic mass is 10.1. The highest BCUT2D eigenvalue weighted by Gasteiger charge is 2.33. The maximum Gasteiger partial charge on any atom is 0.244 e. The molecular weight excluding hydrogens is 572 g/mol. The van der Waals surface area contributed by atoms with Gasteiger partial charge in [-0.3, -0.25) is 13.9 Å². The van der Waals surface area contributed by atoms with E-state index in [1.165, 1.54) is 29.2 Å². The van der Waals surface area contributed by atoms with E-state index in [1.807, 2.05) is 20.8 Å². The van der Waals surface area contributed by atoms with Crippen molar-refractivity contribution in [2.24, 2.45) is 0 Å². The fourth-order valence-corrected chi connectivity index (χ4v) is 4.59. The number of benzene rings is 2. The minimum Gasteiger partial charge on any atom is -0.350 e. The molecule has 0 fully saturated rings. The van der Waals surface area contributed by atoms with Gasteiger partial charge in [-0.2, -0.15) is 0 Å². The normalized spacial score (nSPS) is 12.7. The standard InChI is InChI=1S/C24H31FIN3O4S/c1-6-21(23(31)27-24(2,3)4)28(15-17-7-9-18(25)10-8-17)22(30)16-29(34(5,32)33)20-13-11-19(26)12-14-20/h7-14,21H,6,15-16H2,1-5H3,(H,27,31)/t21-/m1/s1. The molecule has 0 bridgehead atoms. The first-order valence-corrected chi connectivity index (χ1v) is 13.7. The number of sulfonamides is 1. The second kappa shape index (κ2) is 11.5. The zero-order chi connectivity index (χ0) is 25.7. The van der Waals surface area contributed by atoms with Gasteiger partial charge in [-0.1, -0.05) is 19.1 Å². The van der Waals surface area contributed by atoms with Crippen molar-refractivity contribution in [2.75, 3.05) is 17.1 Å². The van der Waals surface area contributed by atoms with Gasteiger partial charge < -0.3 is 10.2 Å². The molecule has 0 unspecified atom stereocenters. The van der Waals surface area contributed by atoms with Crippen LogP contribution >= 0.6 is 22.6 Å². The summed E-state index contributed by atoms with van der Waals surface area (Å²) in [4.78, 5) is 28.0. The molecule has 0 spiro atoms. The van der Waals surface area contributed by atoms with Crippen LogP contribution in [-0.2, 0) is 26.2 Å². The van der Waals surface area contributed by atoms with E-state index in [4.69, 9.17) is 0 Å². The molecular formula is C24H31FIN3O4S. The van der Waals surface area contributed by atoms with Gasteiger partial charge in [0.25, 0.3) is 0 Å². The molecule has 1 atom stereocenters.